The van der Waals surface area contributed by atoms with Crippen LogP contribution in [0.25, 0.3) is 0 Å². The van der Waals surface area contributed by atoms with E-state index in [2.05, 4.69) is 10.6 Å². The van der Waals surface area contributed by atoms with E-state index in [0.29, 0.717) is 23.9 Å². The van der Waals surface area contributed by atoms with Gasteiger partial charge in [-0.3, -0.25) is 4.21 Å². The van der Waals surface area contributed by atoms with Crippen LogP contribution in [0.15, 0.2) is 24.3 Å². The van der Waals surface area contributed by atoms with Crippen LogP contribution in [0.4, 0.5) is 10.5 Å². The summed E-state index contributed by atoms with van der Waals surface area (Å²) in [5.74, 6) is 1.97. The third-order valence-corrected chi connectivity index (χ3v) is 4.78. The minimum absolute atomic E-state index is 0.286. The van der Waals surface area contributed by atoms with Gasteiger partial charge in [-0.05, 0) is 43.0 Å². The average molecular weight is 338 g/mol. The van der Waals surface area contributed by atoms with E-state index < -0.39 is 10.8 Å². The summed E-state index contributed by atoms with van der Waals surface area (Å²) in [7, 11) is -0.895. The van der Waals surface area contributed by atoms with E-state index in [1.807, 2.05) is 24.3 Å². The van der Waals surface area contributed by atoms with Gasteiger partial charge < -0.3 is 15.4 Å². The topological polar surface area (TPSA) is 67.4 Å². The highest BCUT2D eigenvalue weighted by Crippen LogP contribution is 2.25. The van der Waals surface area contributed by atoms with Gasteiger partial charge in [-0.25, -0.2) is 4.79 Å². The first-order chi connectivity index (χ1) is 11.1. The van der Waals surface area contributed by atoms with Gasteiger partial charge in [0.15, 0.2) is 0 Å². The zero-order valence-electron chi connectivity index (χ0n) is 13.7. The molecule has 23 heavy (non-hydrogen) atoms. The average Bonchev–Trinajstić information content (AvgIpc) is 2.55. The Morgan fingerprint density at radius 1 is 1.22 bits per heavy atom. The lowest BCUT2D eigenvalue weighted by atomic mass is 9.90. The number of anilines is 1. The second kappa shape index (κ2) is 9.55. The van der Waals surface area contributed by atoms with Gasteiger partial charge in [0, 0.05) is 35.0 Å². The molecule has 1 aliphatic carbocycles. The molecule has 1 fully saturated rings. The van der Waals surface area contributed by atoms with Gasteiger partial charge in [0.1, 0.15) is 5.75 Å². The van der Waals surface area contributed by atoms with E-state index in [1.165, 1.54) is 32.1 Å². The molecule has 0 bridgehead atoms. The predicted molar refractivity (Wildman–Crippen MR) is 94.5 cm³/mol. The van der Waals surface area contributed by atoms with E-state index in [9.17, 15) is 9.00 Å². The Morgan fingerprint density at radius 3 is 2.57 bits per heavy atom. The van der Waals surface area contributed by atoms with Crippen molar-refractivity contribution in [3.63, 3.8) is 0 Å². The molecule has 0 heterocycles. The minimum atomic E-state index is -0.895. The lowest BCUT2D eigenvalue weighted by Crippen LogP contribution is -2.31. The van der Waals surface area contributed by atoms with Gasteiger partial charge in [-0.1, -0.05) is 19.3 Å². The van der Waals surface area contributed by atoms with Crippen LogP contribution in [-0.2, 0) is 10.8 Å². The number of carbonyl (C=O) groups excluding carboxylic acids is 1. The maximum atomic E-state index is 11.7. The van der Waals surface area contributed by atoms with Crippen molar-refractivity contribution in [3.05, 3.63) is 24.3 Å². The minimum Gasteiger partial charge on any atom is -0.493 e. The molecule has 5 nitrogen and oxygen atoms in total. The molecule has 0 aliphatic heterocycles. The van der Waals surface area contributed by atoms with Crippen molar-refractivity contribution in [1.29, 1.82) is 0 Å². The van der Waals surface area contributed by atoms with Crippen molar-refractivity contribution >= 4 is 22.5 Å². The Balaban J connectivity index is 1.71. The molecule has 0 spiro atoms. The monoisotopic (exact) mass is 338 g/mol. The fourth-order valence-electron chi connectivity index (χ4n) is 2.69. The molecule has 1 saturated carbocycles. The van der Waals surface area contributed by atoms with Crippen molar-refractivity contribution in [1.82, 2.24) is 5.32 Å². The highest BCUT2D eigenvalue weighted by molar-refractivity contribution is 7.84. The van der Waals surface area contributed by atoms with Gasteiger partial charge in [0.2, 0.25) is 0 Å². The Kier molecular flexibility index (Phi) is 7.39. The van der Waals surface area contributed by atoms with Crippen LogP contribution >= 0.6 is 0 Å². The van der Waals surface area contributed by atoms with Crippen LogP contribution < -0.4 is 15.4 Å². The largest absolute Gasteiger partial charge is 0.493 e. The van der Waals surface area contributed by atoms with E-state index >= 15 is 0 Å². The van der Waals surface area contributed by atoms with Crippen LogP contribution in [0.1, 0.15) is 32.1 Å². The van der Waals surface area contributed by atoms with E-state index in [1.54, 1.807) is 6.26 Å². The van der Waals surface area contributed by atoms with Crippen molar-refractivity contribution in [2.24, 2.45) is 5.92 Å². The first-order valence-corrected chi connectivity index (χ1v) is 9.94. The van der Waals surface area contributed by atoms with Crippen LogP contribution in [-0.4, -0.2) is 35.4 Å². The van der Waals surface area contributed by atoms with Crippen molar-refractivity contribution in [2.75, 3.05) is 30.5 Å². The summed E-state index contributed by atoms with van der Waals surface area (Å²) in [6.07, 6.45) is 8.14. The maximum Gasteiger partial charge on any atom is 0.319 e. The number of urea groups is 1. The molecular formula is C17H26N2O3S. The van der Waals surface area contributed by atoms with Crippen molar-refractivity contribution in [2.45, 2.75) is 32.1 Å². The highest BCUT2D eigenvalue weighted by atomic mass is 32.2. The van der Waals surface area contributed by atoms with Crippen LogP contribution in [0.5, 0.6) is 5.75 Å². The molecule has 0 aromatic heterocycles. The summed E-state index contributed by atoms with van der Waals surface area (Å²) in [6.45, 7) is 1.18. The van der Waals surface area contributed by atoms with Gasteiger partial charge in [0.05, 0.1) is 6.61 Å². The van der Waals surface area contributed by atoms with Crippen LogP contribution in [0.3, 0.4) is 0 Å². The molecule has 1 aliphatic rings. The standard InChI is InChI=1S/C17H26N2O3S/c1-23(21)12-11-18-17(20)19-15-7-9-16(10-8-15)22-13-14-5-3-2-4-6-14/h7-10,14H,2-6,11-13H2,1H3,(H2,18,19,20)/t23-/m1/s1. The normalized spacial score (nSPS) is 16.6. The lowest BCUT2D eigenvalue weighted by molar-refractivity contribution is 0.209. The molecule has 0 radical (unpaired) electrons. The Bertz CT molecular complexity index is 513. The number of rotatable bonds is 7. The van der Waals surface area contributed by atoms with Crippen molar-refractivity contribution < 1.29 is 13.7 Å². The summed E-state index contributed by atoms with van der Waals surface area (Å²) in [5.41, 5.74) is 0.713. The molecule has 2 amide bonds. The Morgan fingerprint density at radius 2 is 1.91 bits per heavy atom. The molecule has 6 heteroatoms. The van der Waals surface area contributed by atoms with Gasteiger partial charge in [-0.2, -0.15) is 0 Å². The SMILES string of the molecule is C[S@@](=O)CCNC(=O)Nc1ccc(OCC2CCCCC2)cc1. The van der Waals surface area contributed by atoms with Gasteiger partial charge in [-0.15, -0.1) is 0 Å². The number of benzene rings is 1. The lowest BCUT2D eigenvalue weighted by Gasteiger charge is -2.21. The Labute approximate surface area is 140 Å². The summed E-state index contributed by atoms with van der Waals surface area (Å²) < 4.78 is 16.8. The second-order valence-electron chi connectivity index (χ2n) is 6.00. The molecule has 1 aromatic carbocycles. The van der Waals surface area contributed by atoms with Gasteiger partial charge >= 0.3 is 6.03 Å². The third kappa shape index (κ3) is 7.03. The predicted octanol–water partition coefficient (Wildman–Crippen LogP) is 3.15. The number of nitrogens with one attached hydrogen (secondary N) is 2. The molecule has 2 rings (SSSR count). The molecule has 0 saturated heterocycles. The molecule has 128 valence electrons. The maximum absolute atomic E-state index is 11.7. The van der Waals surface area contributed by atoms with E-state index in [0.717, 1.165) is 12.4 Å². The van der Waals surface area contributed by atoms with Crippen molar-refractivity contribution in [3.8, 4) is 5.75 Å². The summed E-state index contributed by atoms with van der Waals surface area (Å²) >= 11 is 0. The molecule has 2 N–H and O–H groups in total. The number of hydrogen-bond acceptors (Lipinski definition) is 3. The number of amides is 2. The number of hydrogen-bond donors (Lipinski definition) is 2. The zero-order valence-corrected chi connectivity index (χ0v) is 14.5. The fourth-order valence-corrected chi connectivity index (χ4v) is 3.08. The van der Waals surface area contributed by atoms with E-state index in [-0.39, 0.29) is 6.03 Å². The number of ether oxygens (including phenoxy) is 1. The van der Waals surface area contributed by atoms with Crippen LogP contribution in [0, 0.1) is 5.92 Å². The molecule has 1 aromatic rings. The smallest absolute Gasteiger partial charge is 0.319 e. The fraction of sp³-hybridized carbons (Fsp3) is 0.588. The summed E-state index contributed by atoms with van der Waals surface area (Å²) in [4.78, 5) is 11.7. The summed E-state index contributed by atoms with van der Waals surface area (Å²) in [6, 6.07) is 7.12. The first kappa shape index (κ1) is 17.8. The zero-order chi connectivity index (χ0) is 16.5. The summed E-state index contributed by atoms with van der Waals surface area (Å²) in [5, 5.41) is 5.41. The second-order valence-corrected chi connectivity index (χ2v) is 7.55. The molecule has 1 atom stereocenters. The number of carbonyl (C=O) groups is 1. The first-order valence-electron chi connectivity index (χ1n) is 8.21. The van der Waals surface area contributed by atoms with Crippen LogP contribution in [0.2, 0.25) is 0 Å². The Hall–Kier alpha value is -1.56. The van der Waals surface area contributed by atoms with Gasteiger partial charge in [0.25, 0.3) is 0 Å². The molecule has 0 unspecified atom stereocenters. The molecular weight excluding hydrogens is 312 g/mol. The third-order valence-electron chi connectivity index (χ3n) is 4.00. The highest BCUT2D eigenvalue weighted by Gasteiger charge is 2.13. The quantitative estimate of drug-likeness (QED) is 0.802. The van der Waals surface area contributed by atoms with E-state index in [4.69, 9.17) is 4.74 Å².